The Morgan fingerprint density at radius 1 is 1.20 bits per heavy atom. The third-order valence-electron chi connectivity index (χ3n) is 3.28. The summed E-state index contributed by atoms with van der Waals surface area (Å²) >= 11 is 0. The molecule has 108 valence electrons. The molecule has 0 radical (unpaired) electrons. The first-order chi connectivity index (χ1) is 9.68. The Balaban J connectivity index is 2.00. The van der Waals surface area contributed by atoms with Gasteiger partial charge in [-0.25, -0.2) is 4.98 Å². The molecule has 2 rings (SSSR count). The van der Waals surface area contributed by atoms with Gasteiger partial charge in [0.25, 0.3) is 0 Å². The summed E-state index contributed by atoms with van der Waals surface area (Å²) in [5.74, 6) is 0.936. The molecule has 1 N–H and O–H groups in total. The molecular formula is C14H20N2O3Si. The van der Waals surface area contributed by atoms with Crippen LogP contribution in [0.25, 0.3) is 11.4 Å². The van der Waals surface area contributed by atoms with Crippen molar-refractivity contribution < 1.29 is 13.6 Å². The highest BCUT2D eigenvalue weighted by atomic mass is 28.4. The Morgan fingerprint density at radius 3 is 2.55 bits per heavy atom. The number of benzene rings is 1. The number of rotatable bonds is 7. The second kappa shape index (κ2) is 6.80. The van der Waals surface area contributed by atoms with E-state index in [1.807, 2.05) is 36.5 Å². The first kappa shape index (κ1) is 14.9. The molecule has 0 aliphatic heterocycles. The predicted octanol–water partition coefficient (Wildman–Crippen LogP) is 2.16. The van der Waals surface area contributed by atoms with Crippen molar-refractivity contribution in [2.24, 2.45) is 0 Å². The van der Waals surface area contributed by atoms with Gasteiger partial charge in [0.2, 0.25) is 0 Å². The van der Waals surface area contributed by atoms with Gasteiger partial charge in [-0.2, -0.15) is 0 Å². The maximum absolute atomic E-state index is 10.0. The van der Waals surface area contributed by atoms with E-state index in [0.717, 1.165) is 24.4 Å². The molecule has 2 aromatic rings. The second-order valence-electron chi connectivity index (χ2n) is 4.53. The molecule has 0 aliphatic rings. The van der Waals surface area contributed by atoms with Crippen molar-refractivity contribution in [3.63, 3.8) is 0 Å². The van der Waals surface area contributed by atoms with Crippen molar-refractivity contribution in [1.29, 1.82) is 0 Å². The molecule has 0 spiro atoms. The molecule has 0 saturated heterocycles. The first-order valence-electron chi connectivity index (χ1n) is 6.58. The number of imidazole rings is 1. The molecule has 0 fully saturated rings. The lowest BCUT2D eigenvalue weighted by Crippen LogP contribution is -2.40. The highest BCUT2D eigenvalue weighted by molar-refractivity contribution is 6.59. The summed E-state index contributed by atoms with van der Waals surface area (Å²) in [5, 5.41) is 0. The van der Waals surface area contributed by atoms with Crippen LogP contribution in [0.2, 0.25) is 6.04 Å². The smallest absolute Gasteiger partial charge is 0.390 e. The molecule has 0 atom stereocenters. The molecule has 1 heterocycles. The van der Waals surface area contributed by atoms with Crippen molar-refractivity contribution in [2.45, 2.75) is 19.0 Å². The summed E-state index contributed by atoms with van der Waals surface area (Å²) in [6.45, 7) is 0.770. The topological polar surface area (TPSA) is 56.5 Å². The zero-order valence-corrected chi connectivity index (χ0v) is 12.8. The Hall–Kier alpha value is -1.47. The van der Waals surface area contributed by atoms with Crippen LogP contribution in [0.5, 0.6) is 0 Å². The van der Waals surface area contributed by atoms with E-state index in [4.69, 9.17) is 8.85 Å². The van der Waals surface area contributed by atoms with E-state index in [9.17, 15) is 4.80 Å². The van der Waals surface area contributed by atoms with Gasteiger partial charge in [0, 0.05) is 44.8 Å². The summed E-state index contributed by atoms with van der Waals surface area (Å²) in [7, 11) is 0.0156. The summed E-state index contributed by atoms with van der Waals surface area (Å²) in [5.41, 5.74) is 1.09. The number of aryl methyl sites for hydroxylation is 1. The predicted molar refractivity (Wildman–Crippen MR) is 79.1 cm³/mol. The zero-order valence-electron chi connectivity index (χ0n) is 11.8. The minimum atomic E-state index is -2.96. The maximum atomic E-state index is 10.0. The zero-order chi connectivity index (χ0) is 14.4. The lowest BCUT2D eigenvalue weighted by atomic mass is 10.2. The lowest BCUT2D eigenvalue weighted by Gasteiger charge is -2.19. The number of hydrogen-bond donors (Lipinski definition) is 1. The van der Waals surface area contributed by atoms with E-state index >= 15 is 0 Å². The van der Waals surface area contributed by atoms with Crippen LogP contribution in [0, 0.1) is 0 Å². The minimum Gasteiger partial charge on any atom is -0.390 e. The first-order valence-corrected chi connectivity index (χ1v) is 8.55. The fourth-order valence-electron chi connectivity index (χ4n) is 2.10. The van der Waals surface area contributed by atoms with Gasteiger partial charge >= 0.3 is 8.80 Å². The van der Waals surface area contributed by atoms with Crippen LogP contribution in [-0.4, -0.2) is 37.4 Å². The summed E-state index contributed by atoms with van der Waals surface area (Å²) in [6, 6.07) is 10.6. The normalized spacial score (nSPS) is 11.8. The SMILES string of the molecule is CO[Si](O)(CCCn1ccnc1-c1ccccc1)OC. The summed E-state index contributed by atoms with van der Waals surface area (Å²) < 4.78 is 12.2. The Kier molecular flexibility index (Phi) is 5.08. The Bertz CT molecular complexity index is 526. The molecule has 5 nitrogen and oxygen atoms in total. The average Bonchev–Trinajstić information content (AvgIpc) is 2.96. The van der Waals surface area contributed by atoms with E-state index in [0.29, 0.717) is 6.04 Å². The third-order valence-corrected chi connectivity index (χ3v) is 5.54. The van der Waals surface area contributed by atoms with Crippen molar-refractivity contribution in [3.8, 4) is 11.4 Å². The summed E-state index contributed by atoms with van der Waals surface area (Å²) in [6.07, 6.45) is 4.52. The van der Waals surface area contributed by atoms with Crippen LogP contribution in [0.15, 0.2) is 42.7 Å². The van der Waals surface area contributed by atoms with Gasteiger partial charge in [-0.05, 0) is 6.42 Å². The maximum Gasteiger partial charge on any atom is 0.497 e. The largest absolute Gasteiger partial charge is 0.497 e. The highest BCUT2D eigenvalue weighted by Gasteiger charge is 2.33. The second-order valence-corrected chi connectivity index (χ2v) is 7.28. The molecule has 1 aromatic carbocycles. The van der Waals surface area contributed by atoms with E-state index in [1.165, 1.54) is 14.2 Å². The van der Waals surface area contributed by atoms with Crippen LogP contribution in [0.4, 0.5) is 0 Å². The van der Waals surface area contributed by atoms with E-state index < -0.39 is 8.80 Å². The highest BCUT2D eigenvalue weighted by Crippen LogP contribution is 2.18. The quantitative estimate of drug-likeness (QED) is 0.795. The van der Waals surface area contributed by atoms with Gasteiger partial charge in [0.1, 0.15) is 5.82 Å². The van der Waals surface area contributed by atoms with Crippen LogP contribution in [0.1, 0.15) is 6.42 Å². The van der Waals surface area contributed by atoms with Gasteiger partial charge in [-0.3, -0.25) is 0 Å². The van der Waals surface area contributed by atoms with Crippen LogP contribution in [-0.2, 0) is 15.4 Å². The molecule has 6 heteroatoms. The van der Waals surface area contributed by atoms with E-state index in [-0.39, 0.29) is 0 Å². The number of hydrogen-bond acceptors (Lipinski definition) is 4. The van der Waals surface area contributed by atoms with Gasteiger partial charge in [0.05, 0.1) is 0 Å². The average molecular weight is 292 g/mol. The Labute approximate surface area is 120 Å². The molecule has 0 saturated carbocycles. The molecule has 1 aromatic heterocycles. The van der Waals surface area contributed by atoms with Crippen LogP contribution >= 0.6 is 0 Å². The molecule has 0 aliphatic carbocycles. The van der Waals surface area contributed by atoms with Crippen molar-refractivity contribution in [2.75, 3.05) is 14.2 Å². The number of aromatic nitrogens is 2. The lowest BCUT2D eigenvalue weighted by molar-refractivity contribution is 0.150. The molecule has 0 unspecified atom stereocenters. The third kappa shape index (κ3) is 3.54. The molecular weight excluding hydrogens is 272 g/mol. The van der Waals surface area contributed by atoms with Crippen molar-refractivity contribution >= 4 is 8.80 Å². The van der Waals surface area contributed by atoms with Crippen molar-refractivity contribution in [3.05, 3.63) is 42.7 Å². The minimum absolute atomic E-state index is 0.534. The van der Waals surface area contributed by atoms with E-state index in [2.05, 4.69) is 9.55 Å². The molecule has 20 heavy (non-hydrogen) atoms. The van der Waals surface area contributed by atoms with Gasteiger partial charge in [-0.15, -0.1) is 0 Å². The Morgan fingerprint density at radius 2 is 1.90 bits per heavy atom. The van der Waals surface area contributed by atoms with Gasteiger partial charge in [0.15, 0.2) is 0 Å². The van der Waals surface area contributed by atoms with Gasteiger partial charge < -0.3 is 18.2 Å². The standard InChI is InChI=1S/C14H20N2O3Si/c1-18-20(17,19-2)12-6-10-16-11-9-15-14(16)13-7-4-3-5-8-13/h3-5,7-9,11,17H,6,10,12H2,1-2H3. The molecule has 0 amide bonds. The number of nitrogens with zero attached hydrogens (tertiary/aromatic N) is 2. The molecule has 0 bridgehead atoms. The fourth-order valence-corrected chi connectivity index (χ4v) is 3.28. The van der Waals surface area contributed by atoms with E-state index in [1.54, 1.807) is 6.20 Å². The van der Waals surface area contributed by atoms with Crippen LogP contribution in [0.3, 0.4) is 0 Å². The summed E-state index contributed by atoms with van der Waals surface area (Å²) in [4.78, 5) is 14.4. The van der Waals surface area contributed by atoms with Gasteiger partial charge in [-0.1, -0.05) is 30.3 Å². The van der Waals surface area contributed by atoms with Crippen LogP contribution < -0.4 is 0 Å². The fraction of sp³-hybridized carbons (Fsp3) is 0.357. The monoisotopic (exact) mass is 292 g/mol. The van der Waals surface area contributed by atoms with Crippen molar-refractivity contribution in [1.82, 2.24) is 9.55 Å².